The molecule has 138 valence electrons. The average Bonchev–Trinajstić information content (AvgIpc) is 3.23. The molecule has 1 aliphatic heterocycles. The fourth-order valence-electron chi connectivity index (χ4n) is 3.03. The molecular formula is C19H21FN2O4. The van der Waals surface area contributed by atoms with E-state index in [0.29, 0.717) is 11.4 Å². The number of hydrogen-bond donors (Lipinski definition) is 2. The van der Waals surface area contributed by atoms with Crippen LogP contribution in [0.4, 0.5) is 10.1 Å². The summed E-state index contributed by atoms with van der Waals surface area (Å²) >= 11 is 0. The number of nitrogens with zero attached hydrogens (tertiary/aromatic N) is 1. The lowest BCUT2D eigenvalue weighted by Gasteiger charge is -2.23. The first-order valence-corrected chi connectivity index (χ1v) is 8.42. The summed E-state index contributed by atoms with van der Waals surface area (Å²) in [4.78, 5) is 26.0. The molecule has 1 fully saturated rings. The smallest absolute Gasteiger partial charge is 0.227 e. The van der Waals surface area contributed by atoms with Crippen LogP contribution in [0.5, 0.6) is 0 Å². The Balaban J connectivity index is 1.55. The Bertz CT molecular complexity index is 771. The number of amides is 2. The van der Waals surface area contributed by atoms with Crippen molar-refractivity contribution in [1.29, 1.82) is 0 Å². The van der Waals surface area contributed by atoms with Gasteiger partial charge in [0.25, 0.3) is 0 Å². The summed E-state index contributed by atoms with van der Waals surface area (Å²) in [6.45, 7) is 1.89. The lowest BCUT2D eigenvalue weighted by Crippen LogP contribution is -2.44. The predicted molar refractivity (Wildman–Crippen MR) is 92.9 cm³/mol. The van der Waals surface area contributed by atoms with Crippen molar-refractivity contribution in [2.24, 2.45) is 5.92 Å². The molecule has 0 bridgehead atoms. The topological polar surface area (TPSA) is 82.8 Å². The highest BCUT2D eigenvalue weighted by atomic mass is 19.1. The average molecular weight is 360 g/mol. The van der Waals surface area contributed by atoms with Gasteiger partial charge in [-0.05, 0) is 43.3 Å². The van der Waals surface area contributed by atoms with Gasteiger partial charge in [-0.1, -0.05) is 0 Å². The minimum Gasteiger partial charge on any atom is -0.469 e. The van der Waals surface area contributed by atoms with E-state index in [1.54, 1.807) is 19.1 Å². The van der Waals surface area contributed by atoms with Crippen molar-refractivity contribution in [3.63, 3.8) is 0 Å². The molecule has 2 heterocycles. The summed E-state index contributed by atoms with van der Waals surface area (Å²) in [5.74, 6) is -0.731. The maximum absolute atomic E-state index is 13.0. The fourth-order valence-corrected chi connectivity index (χ4v) is 3.03. The summed E-state index contributed by atoms with van der Waals surface area (Å²) in [5, 5.41) is 13.1. The SMILES string of the molecule is CC(O)(CNC(=O)C1CC(=O)N(c2ccc(F)cc2)C1)Cc1ccco1. The predicted octanol–water partition coefficient (Wildman–Crippen LogP) is 1.88. The quantitative estimate of drug-likeness (QED) is 0.824. The second-order valence-electron chi connectivity index (χ2n) is 6.85. The van der Waals surface area contributed by atoms with Gasteiger partial charge >= 0.3 is 0 Å². The van der Waals surface area contributed by atoms with E-state index in [4.69, 9.17) is 4.42 Å². The third kappa shape index (κ3) is 4.29. The molecule has 2 unspecified atom stereocenters. The number of carbonyl (C=O) groups excluding carboxylic acids is 2. The maximum Gasteiger partial charge on any atom is 0.227 e. The van der Waals surface area contributed by atoms with E-state index in [9.17, 15) is 19.1 Å². The molecule has 1 aliphatic rings. The number of rotatable bonds is 6. The highest BCUT2D eigenvalue weighted by Crippen LogP contribution is 2.25. The number of hydrogen-bond acceptors (Lipinski definition) is 4. The molecular weight excluding hydrogens is 339 g/mol. The third-order valence-corrected chi connectivity index (χ3v) is 4.41. The van der Waals surface area contributed by atoms with Gasteiger partial charge in [0.1, 0.15) is 11.6 Å². The van der Waals surface area contributed by atoms with Crippen molar-refractivity contribution in [2.45, 2.75) is 25.4 Å². The highest BCUT2D eigenvalue weighted by molar-refractivity contribution is 6.00. The number of nitrogens with one attached hydrogen (secondary N) is 1. The van der Waals surface area contributed by atoms with Crippen LogP contribution in [0, 0.1) is 11.7 Å². The van der Waals surface area contributed by atoms with Gasteiger partial charge in [0, 0.05) is 31.6 Å². The first-order valence-electron chi connectivity index (χ1n) is 8.42. The molecule has 1 aromatic heterocycles. The molecule has 26 heavy (non-hydrogen) atoms. The molecule has 7 heteroatoms. The van der Waals surface area contributed by atoms with Crippen molar-refractivity contribution in [3.05, 3.63) is 54.2 Å². The first-order chi connectivity index (χ1) is 12.3. The second kappa shape index (κ2) is 7.29. The van der Waals surface area contributed by atoms with Crippen LogP contribution in [0.2, 0.25) is 0 Å². The zero-order valence-electron chi connectivity index (χ0n) is 14.4. The molecule has 2 N–H and O–H groups in total. The summed E-state index contributed by atoms with van der Waals surface area (Å²) in [6, 6.07) is 9.08. The molecule has 1 saturated heterocycles. The molecule has 1 aromatic carbocycles. The molecule has 2 atom stereocenters. The number of furan rings is 1. The van der Waals surface area contributed by atoms with Gasteiger partial charge in [0.05, 0.1) is 17.8 Å². The Morgan fingerprint density at radius 2 is 2.12 bits per heavy atom. The lowest BCUT2D eigenvalue weighted by atomic mass is 10.00. The molecule has 2 aromatic rings. The van der Waals surface area contributed by atoms with Crippen molar-refractivity contribution in [3.8, 4) is 0 Å². The van der Waals surface area contributed by atoms with Crippen LogP contribution in [0.3, 0.4) is 0 Å². The molecule has 0 saturated carbocycles. The maximum atomic E-state index is 13.0. The van der Waals surface area contributed by atoms with Crippen molar-refractivity contribution < 1.29 is 23.5 Å². The van der Waals surface area contributed by atoms with Crippen molar-refractivity contribution >= 4 is 17.5 Å². The van der Waals surface area contributed by atoms with E-state index < -0.39 is 11.5 Å². The number of halogens is 1. The minimum atomic E-state index is -1.16. The Kier molecular flexibility index (Phi) is 5.08. The monoisotopic (exact) mass is 360 g/mol. The van der Waals surface area contributed by atoms with E-state index in [1.807, 2.05) is 0 Å². The summed E-state index contributed by atoms with van der Waals surface area (Å²) in [5.41, 5.74) is -0.594. The summed E-state index contributed by atoms with van der Waals surface area (Å²) in [7, 11) is 0. The van der Waals surface area contributed by atoms with Crippen LogP contribution in [-0.2, 0) is 16.0 Å². The van der Waals surface area contributed by atoms with Gasteiger partial charge in [-0.2, -0.15) is 0 Å². The molecule has 2 amide bonds. The van der Waals surface area contributed by atoms with Crippen LogP contribution in [0.1, 0.15) is 19.1 Å². The zero-order chi connectivity index (χ0) is 18.7. The van der Waals surface area contributed by atoms with Crippen molar-refractivity contribution in [1.82, 2.24) is 5.32 Å². The zero-order valence-corrected chi connectivity index (χ0v) is 14.4. The number of aliphatic hydroxyl groups is 1. The Morgan fingerprint density at radius 1 is 1.38 bits per heavy atom. The minimum absolute atomic E-state index is 0.0494. The Morgan fingerprint density at radius 3 is 2.77 bits per heavy atom. The number of benzene rings is 1. The molecule has 0 spiro atoms. The summed E-state index contributed by atoms with van der Waals surface area (Å²) in [6.07, 6.45) is 1.88. The van der Waals surface area contributed by atoms with E-state index in [1.165, 1.54) is 35.4 Å². The van der Waals surface area contributed by atoms with Gasteiger partial charge < -0.3 is 19.7 Å². The third-order valence-electron chi connectivity index (χ3n) is 4.41. The fraction of sp³-hybridized carbons (Fsp3) is 0.368. The van der Waals surface area contributed by atoms with Crippen LogP contribution in [0.25, 0.3) is 0 Å². The Hall–Kier alpha value is -2.67. The van der Waals surface area contributed by atoms with Crippen LogP contribution in [-0.4, -0.2) is 35.6 Å². The number of anilines is 1. The van der Waals surface area contributed by atoms with Gasteiger partial charge in [-0.25, -0.2) is 4.39 Å². The van der Waals surface area contributed by atoms with Crippen LogP contribution < -0.4 is 10.2 Å². The molecule has 0 aliphatic carbocycles. The normalized spacial score (nSPS) is 19.4. The van der Waals surface area contributed by atoms with Gasteiger partial charge in [0.15, 0.2) is 0 Å². The van der Waals surface area contributed by atoms with E-state index >= 15 is 0 Å². The highest BCUT2D eigenvalue weighted by Gasteiger charge is 2.36. The van der Waals surface area contributed by atoms with Gasteiger partial charge in [-0.15, -0.1) is 0 Å². The van der Waals surface area contributed by atoms with Gasteiger partial charge in [0.2, 0.25) is 11.8 Å². The van der Waals surface area contributed by atoms with E-state index in [0.717, 1.165) is 0 Å². The molecule has 6 nitrogen and oxygen atoms in total. The standard InChI is InChI=1S/C19H21FN2O4/c1-19(25,10-16-3-2-8-26-16)12-21-18(24)13-9-17(23)22(11-13)15-6-4-14(20)5-7-15/h2-8,13,25H,9-12H2,1H3,(H,21,24). The molecule has 0 radical (unpaired) electrons. The van der Waals surface area contributed by atoms with Crippen molar-refractivity contribution in [2.75, 3.05) is 18.0 Å². The molecule has 3 rings (SSSR count). The van der Waals surface area contributed by atoms with Crippen LogP contribution >= 0.6 is 0 Å². The van der Waals surface area contributed by atoms with E-state index in [-0.39, 0.29) is 43.6 Å². The summed E-state index contributed by atoms with van der Waals surface area (Å²) < 4.78 is 18.2. The second-order valence-corrected chi connectivity index (χ2v) is 6.85. The number of carbonyl (C=O) groups is 2. The largest absolute Gasteiger partial charge is 0.469 e. The van der Waals surface area contributed by atoms with Gasteiger partial charge in [-0.3, -0.25) is 9.59 Å². The Labute approximate surface area is 150 Å². The first kappa shape index (κ1) is 18.1. The van der Waals surface area contributed by atoms with Crippen LogP contribution in [0.15, 0.2) is 47.1 Å². The van der Waals surface area contributed by atoms with E-state index in [2.05, 4.69) is 5.32 Å². The lowest BCUT2D eigenvalue weighted by molar-refractivity contribution is -0.127.